The second kappa shape index (κ2) is 9.35. The molecule has 3 unspecified atom stereocenters. The molecule has 2 aliphatic carbocycles. The van der Waals surface area contributed by atoms with Crippen molar-refractivity contribution in [3.8, 4) is 6.07 Å². The molecule has 2 aliphatic rings. The minimum Gasteiger partial charge on any atom is -0.381 e. The molecule has 1 aromatic rings. The van der Waals surface area contributed by atoms with Crippen molar-refractivity contribution in [1.29, 1.82) is 5.26 Å². The van der Waals surface area contributed by atoms with Crippen LogP contribution in [0.1, 0.15) is 72.4 Å². The lowest BCUT2D eigenvalue weighted by Crippen LogP contribution is -2.69. The van der Waals surface area contributed by atoms with E-state index in [0.29, 0.717) is 6.61 Å². The third-order valence-electron chi connectivity index (χ3n) is 7.78. The fourth-order valence-electron chi connectivity index (χ4n) is 6.69. The highest BCUT2D eigenvalue weighted by Crippen LogP contribution is 2.64. The lowest BCUT2D eigenvalue weighted by molar-refractivity contribution is -0.141. The van der Waals surface area contributed by atoms with Crippen LogP contribution in [-0.2, 0) is 32.4 Å². The van der Waals surface area contributed by atoms with Gasteiger partial charge in [0.05, 0.1) is 27.9 Å². The van der Waals surface area contributed by atoms with Crippen LogP contribution >= 0.6 is 15.9 Å². The van der Waals surface area contributed by atoms with Crippen LogP contribution in [0.15, 0.2) is 22.7 Å². The number of nitriles is 1. The van der Waals surface area contributed by atoms with Gasteiger partial charge in [0, 0.05) is 23.6 Å². The summed E-state index contributed by atoms with van der Waals surface area (Å²) >= 11 is 3.66. The van der Waals surface area contributed by atoms with Crippen LogP contribution in [0.25, 0.3) is 0 Å². The van der Waals surface area contributed by atoms with Crippen molar-refractivity contribution in [1.82, 2.24) is 4.72 Å². The van der Waals surface area contributed by atoms with Gasteiger partial charge in [0.2, 0.25) is 0 Å². The van der Waals surface area contributed by atoms with E-state index in [-0.39, 0.29) is 23.4 Å². The molecule has 0 aromatic heterocycles. The van der Waals surface area contributed by atoms with E-state index in [1.54, 1.807) is 7.11 Å². The van der Waals surface area contributed by atoms with Gasteiger partial charge in [-0.2, -0.15) is 5.26 Å². The zero-order valence-electron chi connectivity index (χ0n) is 21.3. The van der Waals surface area contributed by atoms with Crippen molar-refractivity contribution in [2.24, 2.45) is 17.3 Å². The molecule has 7 atom stereocenters. The van der Waals surface area contributed by atoms with Gasteiger partial charge in [-0.25, -0.2) is 8.93 Å². The van der Waals surface area contributed by atoms with Gasteiger partial charge in [-0.05, 0) is 89.0 Å². The second-order valence-corrected chi connectivity index (χ2v) is 14.0. The maximum Gasteiger partial charge on any atom is 0.174 e. The Morgan fingerprint density at radius 1 is 1.24 bits per heavy atom. The van der Waals surface area contributed by atoms with E-state index in [1.807, 2.05) is 34.6 Å². The van der Waals surface area contributed by atoms with E-state index in [0.717, 1.165) is 29.3 Å². The normalized spacial score (nSPS) is 34.5. The largest absolute Gasteiger partial charge is 0.381 e. The lowest BCUT2D eigenvalue weighted by atomic mass is 9.53. The van der Waals surface area contributed by atoms with E-state index in [1.165, 1.54) is 5.56 Å². The van der Waals surface area contributed by atoms with Crippen molar-refractivity contribution in [2.75, 3.05) is 13.7 Å². The average molecular weight is 540 g/mol. The first-order chi connectivity index (χ1) is 15.3. The highest BCUT2D eigenvalue weighted by Gasteiger charge is 2.69. The molecule has 0 bridgehead atoms. The summed E-state index contributed by atoms with van der Waals surface area (Å²) in [5.41, 5.74) is -0.336. The Bertz CT molecular complexity index is 944. The van der Waals surface area contributed by atoms with Gasteiger partial charge < -0.3 is 9.47 Å². The number of nitrogens with zero attached hydrogens (tertiary/aromatic N) is 1. The van der Waals surface area contributed by atoms with Gasteiger partial charge in [0.15, 0.2) is 5.60 Å². The van der Waals surface area contributed by atoms with E-state index in [2.05, 4.69) is 58.8 Å². The SMILES string of the molecule is CCOC(C)(C#N)[C@]1(N[S@@](=O)C(C)(C)C)c2cc(Br)ccc2CC12C[C@@H](C)C(OC)[C@@H](C)C2. The third-order valence-corrected chi connectivity index (χ3v) is 9.88. The standard InChI is InChI=1S/C26H39BrN2O3S/c1-9-32-24(7,16-28)26(29-33(30)23(4,5)6)21-12-20(27)11-10-19(21)15-25(26)13-17(2)22(31-8)18(3)14-25/h10-12,17-18,22,29H,9,13-15H2,1-8H3/t17-,18+,22?,24?,25?,26-,33+/m1/s1. The molecular formula is C26H39BrN2O3S. The average Bonchev–Trinajstić information content (AvgIpc) is 2.96. The molecule has 1 spiro atoms. The first-order valence-electron chi connectivity index (χ1n) is 11.9. The Balaban J connectivity index is 2.37. The maximum absolute atomic E-state index is 13.8. The topological polar surface area (TPSA) is 71.3 Å². The van der Waals surface area contributed by atoms with Crippen molar-refractivity contribution in [3.63, 3.8) is 0 Å². The van der Waals surface area contributed by atoms with E-state index in [4.69, 9.17) is 9.47 Å². The second-order valence-electron chi connectivity index (χ2n) is 11.1. The summed E-state index contributed by atoms with van der Waals surface area (Å²) in [5, 5.41) is 10.6. The fourth-order valence-corrected chi connectivity index (χ4v) is 8.15. The van der Waals surface area contributed by atoms with Crippen molar-refractivity contribution in [3.05, 3.63) is 33.8 Å². The molecule has 0 aliphatic heterocycles. The molecule has 33 heavy (non-hydrogen) atoms. The lowest BCUT2D eigenvalue weighted by Gasteiger charge is -2.58. The van der Waals surface area contributed by atoms with Crippen LogP contribution in [0.2, 0.25) is 0 Å². The fraction of sp³-hybridized carbons (Fsp3) is 0.731. The molecule has 1 saturated carbocycles. The summed E-state index contributed by atoms with van der Waals surface area (Å²) in [7, 11) is 0.367. The number of ether oxygens (including phenoxy) is 2. The monoisotopic (exact) mass is 538 g/mol. The maximum atomic E-state index is 13.8. The van der Waals surface area contributed by atoms with Gasteiger partial charge >= 0.3 is 0 Å². The van der Waals surface area contributed by atoms with E-state index >= 15 is 0 Å². The Morgan fingerprint density at radius 2 is 1.85 bits per heavy atom. The van der Waals surface area contributed by atoms with Crippen LogP contribution < -0.4 is 4.72 Å². The van der Waals surface area contributed by atoms with Crippen molar-refractivity contribution >= 4 is 26.9 Å². The van der Waals surface area contributed by atoms with Crippen LogP contribution in [0.4, 0.5) is 0 Å². The molecule has 1 fully saturated rings. The highest BCUT2D eigenvalue weighted by atomic mass is 79.9. The predicted octanol–water partition coefficient (Wildman–Crippen LogP) is 5.64. The molecule has 3 rings (SSSR count). The first-order valence-corrected chi connectivity index (χ1v) is 13.8. The zero-order chi connectivity index (χ0) is 24.8. The Kier molecular flexibility index (Phi) is 7.60. The van der Waals surface area contributed by atoms with E-state index in [9.17, 15) is 9.47 Å². The third kappa shape index (κ3) is 4.25. The van der Waals surface area contributed by atoms with Crippen LogP contribution in [0, 0.1) is 28.6 Å². The number of benzene rings is 1. The number of rotatable bonds is 6. The quantitative estimate of drug-likeness (QED) is 0.508. The van der Waals surface area contributed by atoms with Gasteiger partial charge in [-0.15, -0.1) is 0 Å². The van der Waals surface area contributed by atoms with Gasteiger partial charge in [-0.3, -0.25) is 0 Å². The molecule has 1 aromatic carbocycles. The number of methoxy groups -OCH3 is 1. The number of hydrogen-bond acceptors (Lipinski definition) is 4. The molecule has 0 heterocycles. The summed E-state index contributed by atoms with van der Waals surface area (Å²) in [5.74, 6) is 0.565. The number of nitrogens with one attached hydrogen (secondary N) is 1. The number of fused-ring (bicyclic) bond motifs is 1. The van der Waals surface area contributed by atoms with Crippen molar-refractivity contribution < 1.29 is 13.7 Å². The molecule has 5 nitrogen and oxygen atoms in total. The summed E-state index contributed by atoms with van der Waals surface area (Å²) < 4.78 is 30.0. The summed E-state index contributed by atoms with van der Waals surface area (Å²) in [6.45, 7) is 14.5. The van der Waals surface area contributed by atoms with Crippen molar-refractivity contribution in [2.45, 2.75) is 89.7 Å². The molecule has 0 radical (unpaired) electrons. The van der Waals surface area contributed by atoms with Crippen LogP contribution in [0.5, 0.6) is 0 Å². The smallest absolute Gasteiger partial charge is 0.174 e. The molecule has 0 saturated heterocycles. The van der Waals surface area contributed by atoms with E-state index < -0.39 is 26.9 Å². The Morgan fingerprint density at radius 3 is 2.33 bits per heavy atom. The van der Waals surface area contributed by atoms with Gasteiger partial charge in [0.25, 0.3) is 0 Å². The molecular weight excluding hydrogens is 500 g/mol. The number of halogens is 1. The number of hydrogen-bond donors (Lipinski definition) is 1. The predicted molar refractivity (Wildman–Crippen MR) is 137 cm³/mol. The highest BCUT2D eigenvalue weighted by molar-refractivity contribution is 9.10. The molecule has 184 valence electrons. The first kappa shape index (κ1) is 26.8. The summed E-state index contributed by atoms with van der Waals surface area (Å²) in [4.78, 5) is 0. The summed E-state index contributed by atoms with van der Waals surface area (Å²) in [6.07, 6.45) is 2.65. The van der Waals surface area contributed by atoms with Crippen LogP contribution in [-0.4, -0.2) is 34.4 Å². The Labute approximate surface area is 210 Å². The minimum absolute atomic E-state index is 0.150. The Hall–Kier alpha value is -0.780. The van der Waals surface area contributed by atoms with Gasteiger partial charge in [-0.1, -0.05) is 35.8 Å². The minimum atomic E-state index is -1.42. The molecule has 1 N–H and O–H groups in total. The van der Waals surface area contributed by atoms with Gasteiger partial charge in [0.1, 0.15) is 5.54 Å². The molecule has 7 heteroatoms. The molecule has 0 amide bonds. The zero-order valence-corrected chi connectivity index (χ0v) is 23.7. The summed E-state index contributed by atoms with van der Waals surface area (Å²) in [6, 6.07) is 8.84. The van der Waals surface area contributed by atoms with Crippen LogP contribution in [0.3, 0.4) is 0 Å².